The van der Waals surface area contributed by atoms with Crippen molar-refractivity contribution in [1.82, 2.24) is 10.3 Å². The van der Waals surface area contributed by atoms with Gasteiger partial charge in [-0.2, -0.15) is 0 Å². The lowest BCUT2D eigenvalue weighted by Crippen LogP contribution is -2.18. The lowest BCUT2D eigenvalue weighted by Gasteiger charge is -2.09. The maximum Gasteiger partial charge on any atom is 0.290 e. The molecule has 1 fully saturated rings. The van der Waals surface area contributed by atoms with Gasteiger partial charge in [-0.3, -0.25) is 19.9 Å². The zero-order valence-corrected chi connectivity index (χ0v) is 15.6. The second kappa shape index (κ2) is 6.33. The van der Waals surface area contributed by atoms with Gasteiger partial charge in [0.15, 0.2) is 0 Å². The first-order valence-corrected chi connectivity index (χ1v) is 9.94. The van der Waals surface area contributed by atoms with Gasteiger partial charge in [0.05, 0.1) is 10.4 Å². The van der Waals surface area contributed by atoms with E-state index in [4.69, 9.17) is 0 Å². The summed E-state index contributed by atoms with van der Waals surface area (Å²) in [6.45, 7) is 0. The molecule has 27 heavy (non-hydrogen) atoms. The molecule has 0 atom stereocenters. The van der Waals surface area contributed by atoms with Crippen molar-refractivity contribution in [3.8, 4) is 0 Å². The number of carbonyl (C=O) groups excluding carboxylic acids is 2. The van der Waals surface area contributed by atoms with Gasteiger partial charge in [0.25, 0.3) is 11.1 Å². The summed E-state index contributed by atoms with van der Waals surface area (Å²) in [5.74, 6) is -0.344. The van der Waals surface area contributed by atoms with Gasteiger partial charge in [-0.15, -0.1) is 11.3 Å². The Morgan fingerprint density at radius 1 is 0.926 bits per heavy atom. The number of fused-ring (bicyclic) bond motifs is 2. The molecule has 6 heteroatoms. The van der Waals surface area contributed by atoms with E-state index in [2.05, 4.69) is 28.5 Å². The lowest BCUT2D eigenvalue weighted by molar-refractivity contribution is -0.115. The number of pyridine rings is 1. The summed E-state index contributed by atoms with van der Waals surface area (Å²) in [6.07, 6.45) is 1.76. The van der Waals surface area contributed by atoms with E-state index in [0.717, 1.165) is 48.8 Å². The molecule has 2 amide bonds. The molecule has 1 aliphatic heterocycles. The molecule has 0 bridgehead atoms. The summed E-state index contributed by atoms with van der Waals surface area (Å²) in [6, 6.07) is 20.0. The number of imide groups is 1. The van der Waals surface area contributed by atoms with Crippen LogP contribution in [-0.2, 0) is 4.79 Å². The van der Waals surface area contributed by atoms with Crippen LogP contribution >= 0.6 is 23.1 Å². The second-order valence-electron chi connectivity index (χ2n) is 6.11. The standard InChI is InChI=1S/C21H12N2O2S2/c24-20-19(27-21(25)23-20)18(17-11-13-4-1-2-6-16(13)26-17)14-7-8-15-12(10-14)5-3-9-22-15/h1-11H,(H,23,24,25). The summed E-state index contributed by atoms with van der Waals surface area (Å²) in [5.41, 5.74) is 2.58. The average molecular weight is 388 g/mol. The normalized spacial score (nSPS) is 16.1. The third-order valence-corrected chi connectivity index (χ3v) is 6.42. The predicted molar refractivity (Wildman–Crippen MR) is 111 cm³/mol. The molecule has 0 unspecified atom stereocenters. The highest BCUT2D eigenvalue weighted by Crippen LogP contribution is 2.41. The number of carbonyl (C=O) groups is 2. The highest BCUT2D eigenvalue weighted by molar-refractivity contribution is 8.18. The van der Waals surface area contributed by atoms with Crippen molar-refractivity contribution in [3.05, 3.63) is 82.2 Å². The molecule has 2 aromatic carbocycles. The van der Waals surface area contributed by atoms with Crippen molar-refractivity contribution in [2.75, 3.05) is 0 Å². The molecule has 1 saturated heterocycles. The molecular weight excluding hydrogens is 376 g/mol. The van der Waals surface area contributed by atoms with Crippen molar-refractivity contribution >= 4 is 60.8 Å². The van der Waals surface area contributed by atoms with Gasteiger partial charge < -0.3 is 0 Å². The SMILES string of the molecule is O=C1NC(=O)C(=C(c2ccc3ncccc3c2)c2cc3ccccc3s2)S1. The first kappa shape index (κ1) is 16.2. The number of nitrogens with one attached hydrogen (secondary N) is 1. The van der Waals surface area contributed by atoms with Crippen molar-refractivity contribution < 1.29 is 9.59 Å². The smallest absolute Gasteiger partial charge is 0.282 e. The van der Waals surface area contributed by atoms with Crippen LogP contribution in [0.3, 0.4) is 0 Å². The topological polar surface area (TPSA) is 59.1 Å². The van der Waals surface area contributed by atoms with Crippen LogP contribution in [0.5, 0.6) is 0 Å². The molecule has 4 aromatic rings. The minimum atomic E-state index is -0.344. The summed E-state index contributed by atoms with van der Waals surface area (Å²) >= 11 is 2.58. The molecule has 3 heterocycles. The highest BCUT2D eigenvalue weighted by atomic mass is 32.2. The fourth-order valence-corrected chi connectivity index (χ4v) is 5.20. The largest absolute Gasteiger partial charge is 0.290 e. The van der Waals surface area contributed by atoms with Gasteiger partial charge in [0, 0.05) is 26.7 Å². The van der Waals surface area contributed by atoms with E-state index in [0.29, 0.717) is 4.91 Å². The second-order valence-corrected chi connectivity index (χ2v) is 8.17. The maximum absolute atomic E-state index is 12.4. The van der Waals surface area contributed by atoms with E-state index in [-0.39, 0.29) is 11.1 Å². The van der Waals surface area contributed by atoms with E-state index in [1.807, 2.05) is 42.5 Å². The minimum Gasteiger partial charge on any atom is -0.282 e. The third kappa shape index (κ3) is 2.83. The van der Waals surface area contributed by atoms with E-state index >= 15 is 0 Å². The predicted octanol–water partition coefficient (Wildman–Crippen LogP) is 5.19. The number of hydrogen-bond acceptors (Lipinski definition) is 5. The van der Waals surface area contributed by atoms with Crippen molar-refractivity contribution in [2.24, 2.45) is 0 Å². The zero-order valence-electron chi connectivity index (χ0n) is 13.9. The van der Waals surface area contributed by atoms with E-state index in [1.165, 1.54) is 0 Å². The quantitative estimate of drug-likeness (QED) is 0.480. The molecule has 2 aromatic heterocycles. The molecule has 0 aliphatic carbocycles. The average Bonchev–Trinajstić information content (AvgIpc) is 3.24. The summed E-state index contributed by atoms with van der Waals surface area (Å²) in [7, 11) is 0. The Hall–Kier alpha value is -2.96. The molecule has 0 saturated carbocycles. The summed E-state index contributed by atoms with van der Waals surface area (Å²) in [5, 5.41) is 4.15. The Bertz CT molecular complexity index is 1240. The maximum atomic E-state index is 12.4. The Kier molecular flexibility index (Phi) is 3.81. The number of benzene rings is 2. The lowest BCUT2D eigenvalue weighted by atomic mass is 10.0. The van der Waals surface area contributed by atoms with Crippen LogP contribution < -0.4 is 5.32 Å². The summed E-state index contributed by atoms with van der Waals surface area (Å²) in [4.78, 5) is 30.0. The van der Waals surface area contributed by atoms with Crippen LogP contribution in [0.1, 0.15) is 10.4 Å². The van der Waals surface area contributed by atoms with Gasteiger partial charge >= 0.3 is 0 Å². The number of amides is 2. The van der Waals surface area contributed by atoms with E-state index in [1.54, 1.807) is 17.5 Å². The Morgan fingerprint density at radius 2 is 1.78 bits per heavy atom. The Labute approximate surface area is 162 Å². The molecule has 5 rings (SSSR count). The van der Waals surface area contributed by atoms with Crippen LogP contribution in [0.2, 0.25) is 0 Å². The van der Waals surface area contributed by atoms with Crippen LogP contribution in [0.15, 0.2) is 71.8 Å². The van der Waals surface area contributed by atoms with Crippen molar-refractivity contribution in [3.63, 3.8) is 0 Å². The summed E-state index contributed by atoms with van der Waals surface area (Å²) < 4.78 is 1.14. The van der Waals surface area contributed by atoms with E-state index < -0.39 is 0 Å². The number of nitrogens with zero attached hydrogens (tertiary/aromatic N) is 1. The first-order chi connectivity index (χ1) is 13.2. The zero-order chi connectivity index (χ0) is 18.4. The fraction of sp³-hybridized carbons (Fsp3) is 0. The van der Waals surface area contributed by atoms with Crippen LogP contribution in [0, 0.1) is 0 Å². The van der Waals surface area contributed by atoms with Crippen molar-refractivity contribution in [1.29, 1.82) is 0 Å². The Balaban J connectivity index is 1.78. The van der Waals surface area contributed by atoms with Crippen LogP contribution in [0.4, 0.5) is 4.79 Å². The first-order valence-electron chi connectivity index (χ1n) is 8.30. The monoisotopic (exact) mass is 388 g/mol. The van der Waals surface area contributed by atoms with E-state index in [9.17, 15) is 9.59 Å². The molecule has 1 aliphatic rings. The molecule has 1 N–H and O–H groups in total. The molecule has 0 radical (unpaired) electrons. The number of hydrogen-bond donors (Lipinski definition) is 1. The van der Waals surface area contributed by atoms with Crippen LogP contribution in [-0.4, -0.2) is 16.1 Å². The van der Waals surface area contributed by atoms with Crippen LogP contribution in [0.25, 0.3) is 26.6 Å². The van der Waals surface area contributed by atoms with Crippen molar-refractivity contribution in [2.45, 2.75) is 0 Å². The number of rotatable bonds is 2. The number of thioether (sulfide) groups is 1. The fourth-order valence-electron chi connectivity index (χ4n) is 3.20. The Morgan fingerprint density at radius 3 is 2.59 bits per heavy atom. The van der Waals surface area contributed by atoms with Gasteiger partial charge in [0.2, 0.25) is 0 Å². The van der Waals surface area contributed by atoms with Gasteiger partial charge in [0.1, 0.15) is 0 Å². The molecule has 130 valence electrons. The molecular formula is C21H12N2O2S2. The van der Waals surface area contributed by atoms with Gasteiger partial charge in [-0.1, -0.05) is 30.3 Å². The third-order valence-electron chi connectivity index (χ3n) is 4.41. The highest BCUT2D eigenvalue weighted by Gasteiger charge is 2.30. The minimum absolute atomic E-state index is 0.337. The molecule has 4 nitrogen and oxygen atoms in total. The van der Waals surface area contributed by atoms with Gasteiger partial charge in [-0.05, 0) is 53.0 Å². The number of aromatic nitrogens is 1. The number of thiophene rings is 1. The van der Waals surface area contributed by atoms with Gasteiger partial charge in [-0.25, -0.2) is 0 Å². The molecule has 0 spiro atoms.